The van der Waals surface area contributed by atoms with Crippen LogP contribution in [0.2, 0.25) is 0 Å². The van der Waals surface area contributed by atoms with E-state index < -0.39 is 22.7 Å². The molecule has 10 nitrogen and oxygen atoms in total. The number of benzene rings is 1. The minimum atomic E-state index is -1.25. The van der Waals surface area contributed by atoms with Crippen LogP contribution in [0.25, 0.3) is 0 Å². The van der Waals surface area contributed by atoms with Crippen molar-refractivity contribution in [3.05, 3.63) is 79.6 Å². The second kappa shape index (κ2) is 7.66. The van der Waals surface area contributed by atoms with Gasteiger partial charge >= 0.3 is 5.97 Å². The van der Waals surface area contributed by atoms with Crippen LogP contribution in [0.15, 0.2) is 46.2 Å². The summed E-state index contributed by atoms with van der Waals surface area (Å²) in [4.78, 5) is 52.9. The summed E-state index contributed by atoms with van der Waals surface area (Å²) in [5.41, 5.74) is 5.46. The summed E-state index contributed by atoms with van der Waals surface area (Å²) in [7, 11) is 0. The number of carbonyl (C=O) groups excluding carboxylic acids is 1. The molecule has 1 amide bonds. The molecule has 1 aromatic heterocycles. The number of hydrogen-bond donors (Lipinski definition) is 4. The van der Waals surface area contributed by atoms with Gasteiger partial charge in [0, 0.05) is 19.2 Å². The van der Waals surface area contributed by atoms with Crippen molar-refractivity contribution in [1.29, 1.82) is 0 Å². The molecular formula is C18H15N5O5. The highest BCUT2D eigenvalue weighted by molar-refractivity contribution is 5.94. The second-order valence-corrected chi connectivity index (χ2v) is 5.90. The molecule has 0 saturated heterocycles. The van der Waals surface area contributed by atoms with Gasteiger partial charge in [-0.1, -0.05) is 24.3 Å². The lowest BCUT2D eigenvalue weighted by Gasteiger charge is -2.11. The van der Waals surface area contributed by atoms with Crippen molar-refractivity contribution in [2.24, 2.45) is 0 Å². The highest BCUT2D eigenvalue weighted by Crippen LogP contribution is 2.12. The fourth-order valence-corrected chi connectivity index (χ4v) is 2.50. The average molecular weight is 381 g/mol. The zero-order valence-electron chi connectivity index (χ0n) is 14.4. The summed E-state index contributed by atoms with van der Waals surface area (Å²) in [5.74, 6) is -1.79. The van der Waals surface area contributed by atoms with Crippen LogP contribution in [0.5, 0.6) is 0 Å². The van der Waals surface area contributed by atoms with Crippen molar-refractivity contribution >= 4 is 23.3 Å². The van der Waals surface area contributed by atoms with Gasteiger partial charge in [0.1, 0.15) is 23.4 Å². The predicted molar refractivity (Wildman–Crippen MR) is 99.7 cm³/mol. The third-order valence-corrected chi connectivity index (χ3v) is 3.98. The Morgan fingerprint density at radius 3 is 2.36 bits per heavy atom. The van der Waals surface area contributed by atoms with Gasteiger partial charge in [0.2, 0.25) is 0 Å². The van der Waals surface area contributed by atoms with Crippen LogP contribution in [-0.2, 0) is 13.1 Å². The van der Waals surface area contributed by atoms with Crippen LogP contribution in [0.4, 0.5) is 11.4 Å². The van der Waals surface area contributed by atoms with Crippen LogP contribution >= 0.6 is 0 Å². The van der Waals surface area contributed by atoms with Crippen molar-refractivity contribution in [3.63, 3.8) is 0 Å². The fraction of sp³-hybridized carbons (Fsp3) is 0.111. The number of rotatable bonds is 7. The Kier molecular flexibility index (Phi) is 5.12. The van der Waals surface area contributed by atoms with Crippen molar-refractivity contribution in [2.75, 3.05) is 11.1 Å². The first kappa shape index (κ1) is 18.7. The fourth-order valence-electron chi connectivity index (χ4n) is 2.50. The summed E-state index contributed by atoms with van der Waals surface area (Å²) in [6.45, 7) is 0.464. The summed E-state index contributed by atoms with van der Waals surface area (Å²) < 4.78 is 0. The molecule has 0 saturated carbocycles. The molecule has 0 aliphatic rings. The maximum Gasteiger partial charge on any atom is 0.354 e. The lowest BCUT2D eigenvalue weighted by atomic mass is 10.1. The van der Waals surface area contributed by atoms with E-state index in [9.17, 15) is 19.2 Å². The number of amides is 1. The summed E-state index contributed by atoms with van der Waals surface area (Å²) in [6.07, 6.45) is 1.01. The van der Waals surface area contributed by atoms with E-state index in [4.69, 9.17) is 10.8 Å². The Morgan fingerprint density at radius 1 is 1.00 bits per heavy atom. The molecule has 3 rings (SSSR count). The number of nitrogens with zero attached hydrogens (tertiary/aromatic N) is 2. The molecule has 0 spiro atoms. The SMILES string of the molecule is Nc1c(NCc2cccc(CNC(=O)c3cc(C(=O)O)ncn3)c2)c(=O)c1=O. The molecule has 0 bridgehead atoms. The normalized spacial score (nSPS) is 10.6. The molecule has 10 heteroatoms. The van der Waals surface area contributed by atoms with Gasteiger partial charge in [-0.25, -0.2) is 14.8 Å². The number of hydrogen-bond acceptors (Lipinski definition) is 8. The standard InChI is InChI=1S/C18H15N5O5/c19-13-14(16(25)15(13)24)20-6-9-2-1-3-10(4-9)7-21-17(26)11-5-12(18(27)28)23-8-22-11/h1-5,8,20H,6-7,19H2,(H,21,26)(H,27,28). The van der Waals surface area contributed by atoms with E-state index in [1.165, 1.54) is 0 Å². The lowest BCUT2D eigenvalue weighted by Crippen LogP contribution is -2.36. The van der Waals surface area contributed by atoms with Gasteiger partial charge in [-0.2, -0.15) is 0 Å². The number of aromatic carboxylic acids is 1. The van der Waals surface area contributed by atoms with E-state index in [0.717, 1.165) is 23.5 Å². The van der Waals surface area contributed by atoms with Gasteiger partial charge in [-0.15, -0.1) is 0 Å². The molecule has 2 aromatic carbocycles. The molecule has 0 atom stereocenters. The van der Waals surface area contributed by atoms with E-state index in [1.54, 1.807) is 18.2 Å². The molecule has 0 unspecified atom stereocenters. The highest BCUT2D eigenvalue weighted by Gasteiger charge is 2.17. The van der Waals surface area contributed by atoms with E-state index in [1.807, 2.05) is 6.07 Å². The van der Waals surface area contributed by atoms with Crippen molar-refractivity contribution in [2.45, 2.75) is 13.1 Å². The molecule has 142 valence electrons. The van der Waals surface area contributed by atoms with Crippen molar-refractivity contribution in [3.8, 4) is 0 Å². The first-order chi connectivity index (χ1) is 13.4. The monoisotopic (exact) mass is 381 g/mol. The molecule has 0 fully saturated rings. The summed E-state index contributed by atoms with van der Waals surface area (Å²) in [6, 6.07) is 8.27. The summed E-state index contributed by atoms with van der Waals surface area (Å²) >= 11 is 0. The van der Waals surface area contributed by atoms with Crippen LogP contribution < -0.4 is 27.2 Å². The largest absolute Gasteiger partial charge is 0.477 e. The third-order valence-electron chi connectivity index (χ3n) is 3.98. The Bertz CT molecular complexity index is 1130. The predicted octanol–water partition coefficient (Wildman–Crippen LogP) is -0.105. The van der Waals surface area contributed by atoms with Gasteiger partial charge in [0.15, 0.2) is 5.69 Å². The Morgan fingerprint density at radius 2 is 1.68 bits per heavy atom. The molecule has 0 radical (unpaired) electrons. The van der Waals surface area contributed by atoms with Crippen LogP contribution in [0, 0.1) is 0 Å². The number of carbonyl (C=O) groups is 2. The Balaban J connectivity index is 1.61. The smallest absolute Gasteiger partial charge is 0.354 e. The molecule has 0 aliphatic carbocycles. The van der Waals surface area contributed by atoms with Crippen molar-refractivity contribution in [1.82, 2.24) is 15.3 Å². The number of carboxylic acid groups (broad SMARTS) is 1. The van der Waals surface area contributed by atoms with Crippen LogP contribution in [0.3, 0.4) is 0 Å². The first-order valence-electron chi connectivity index (χ1n) is 8.11. The molecule has 1 heterocycles. The minimum absolute atomic E-state index is 0.0548. The highest BCUT2D eigenvalue weighted by atomic mass is 16.4. The Labute approximate surface area is 157 Å². The van der Waals surface area contributed by atoms with E-state index in [-0.39, 0.29) is 35.9 Å². The number of nitrogens with two attached hydrogens (primary N) is 1. The van der Waals surface area contributed by atoms with E-state index in [0.29, 0.717) is 0 Å². The maximum atomic E-state index is 12.1. The van der Waals surface area contributed by atoms with Crippen LogP contribution in [0.1, 0.15) is 32.1 Å². The zero-order valence-corrected chi connectivity index (χ0v) is 14.4. The average Bonchev–Trinajstić information content (AvgIpc) is 2.72. The zero-order chi connectivity index (χ0) is 20.3. The van der Waals surface area contributed by atoms with Gasteiger partial charge < -0.3 is 21.5 Å². The van der Waals surface area contributed by atoms with Crippen LogP contribution in [-0.4, -0.2) is 27.0 Å². The number of nitrogens with one attached hydrogen (secondary N) is 2. The Hall–Kier alpha value is -4.08. The van der Waals surface area contributed by atoms with Gasteiger partial charge in [0.05, 0.1) is 0 Å². The third kappa shape index (κ3) is 3.85. The molecule has 5 N–H and O–H groups in total. The summed E-state index contributed by atoms with van der Waals surface area (Å²) in [5, 5.41) is 14.4. The van der Waals surface area contributed by atoms with Gasteiger partial charge in [-0.05, 0) is 11.1 Å². The number of anilines is 2. The minimum Gasteiger partial charge on any atom is -0.477 e. The topological polar surface area (TPSA) is 164 Å². The number of nitrogen functional groups attached to an aromatic ring is 1. The van der Waals surface area contributed by atoms with Gasteiger partial charge in [-0.3, -0.25) is 14.4 Å². The molecule has 3 aromatic rings. The number of carboxylic acids is 1. The van der Waals surface area contributed by atoms with Crippen molar-refractivity contribution < 1.29 is 14.7 Å². The molecular weight excluding hydrogens is 366 g/mol. The van der Waals surface area contributed by atoms with Gasteiger partial charge in [0.25, 0.3) is 16.8 Å². The first-order valence-corrected chi connectivity index (χ1v) is 8.11. The quantitative estimate of drug-likeness (QED) is 0.409. The molecule has 28 heavy (non-hydrogen) atoms. The maximum absolute atomic E-state index is 12.1. The molecule has 0 aliphatic heterocycles. The number of aromatic nitrogens is 2. The van der Waals surface area contributed by atoms with E-state index in [2.05, 4.69) is 20.6 Å². The van der Waals surface area contributed by atoms with E-state index >= 15 is 0 Å². The lowest BCUT2D eigenvalue weighted by molar-refractivity contribution is 0.0690. The second-order valence-electron chi connectivity index (χ2n) is 5.90.